The molecule has 13 rings (SSSR count). The fraction of sp³-hybridized carbons (Fsp3) is 0. The molecule has 0 fully saturated rings. The molecule has 354 valence electrons. The van der Waals surface area contributed by atoms with E-state index in [0.29, 0.717) is 0 Å². The van der Waals surface area contributed by atoms with Gasteiger partial charge in [0.1, 0.15) is 11.2 Å². The van der Waals surface area contributed by atoms with Crippen molar-refractivity contribution in [2.45, 2.75) is 0 Å². The van der Waals surface area contributed by atoms with Gasteiger partial charge in [-0.15, -0.1) is 0 Å². The normalized spacial score (nSPS) is 11.8. The molecular weight excluding hydrogens is 909 g/mol. The van der Waals surface area contributed by atoms with Crippen LogP contribution in [0.3, 0.4) is 0 Å². The predicted molar refractivity (Wildman–Crippen MR) is 318 cm³/mol. The summed E-state index contributed by atoms with van der Waals surface area (Å²) in [7, 11) is 0. The summed E-state index contributed by atoms with van der Waals surface area (Å²) < 4.78 is 8.85. The van der Waals surface area contributed by atoms with E-state index in [0.717, 1.165) is 89.2 Å². The molecule has 3 heteroatoms. The molecule has 13 aromatic rings. The molecule has 3 nitrogen and oxygen atoms in total. The monoisotopic (exact) mass is 958 g/mol. The number of rotatable bonds is 12. The molecule has 0 aliphatic carbocycles. The Morgan fingerprint density at radius 1 is 0.400 bits per heavy atom. The smallest absolute Gasteiger partial charge is 0.143 e. The van der Waals surface area contributed by atoms with E-state index in [4.69, 9.17) is 4.42 Å². The number of fused-ring (bicyclic) bond motifs is 6. The summed E-state index contributed by atoms with van der Waals surface area (Å²) >= 11 is 0. The molecule has 0 atom stereocenters. The van der Waals surface area contributed by atoms with Crippen molar-refractivity contribution in [2.75, 3.05) is 4.90 Å². The van der Waals surface area contributed by atoms with Gasteiger partial charge in [-0.25, -0.2) is 0 Å². The van der Waals surface area contributed by atoms with E-state index in [2.05, 4.69) is 283 Å². The van der Waals surface area contributed by atoms with Gasteiger partial charge in [0, 0.05) is 49.9 Å². The van der Waals surface area contributed by atoms with Gasteiger partial charge in [0.15, 0.2) is 0 Å². The molecule has 75 heavy (non-hydrogen) atoms. The lowest BCUT2D eigenvalue weighted by atomic mass is 10.00. The summed E-state index contributed by atoms with van der Waals surface area (Å²) in [5.41, 5.74) is 21.1. The summed E-state index contributed by atoms with van der Waals surface area (Å²) in [4.78, 5) is 2.33. The Bertz CT molecular complexity index is 4240. The van der Waals surface area contributed by atoms with Crippen molar-refractivity contribution in [2.24, 2.45) is 0 Å². The van der Waals surface area contributed by atoms with E-state index < -0.39 is 0 Å². The molecule has 0 radical (unpaired) electrons. The van der Waals surface area contributed by atoms with Crippen molar-refractivity contribution < 1.29 is 4.42 Å². The summed E-state index contributed by atoms with van der Waals surface area (Å²) in [6, 6.07) is 95.5. The molecule has 0 aliphatic heterocycles. The minimum absolute atomic E-state index is 0.906. The van der Waals surface area contributed by atoms with Crippen LogP contribution in [0.4, 0.5) is 17.1 Å². The minimum Gasteiger partial charge on any atom is -0.455 e. The van der Waals surface area contributed by atoms with Gasteiger partial charge in [-0.1, -0.05) is 225 Å². The Labute approximate surface area is 437 Å². The second-order valence-corrected chi connectivity index (χ2v) is 18.9. The van der Waals surface area contributed by atoms with Crippen molar-refractivity contribution in [1.82, 2.24) is 4.57 Å². The van der Waals surface area contributed by atoms with Gasteiger partial charge in [0.2, 0.25) is 0 Å². The maximum Gasteiger partial charge on any atom is 0.143 e. The zero-order chi connectivity index (χ0) is 50.1. The molecule has 11 aromatic carbocycles. The zero-order valence-corrected chi connectivity index (χ0v) is 41.2. The minimum atomic E-state index is 0.906. The van der Waals surface area contributed by atoms with Gasteiger partial charge in [0.25, 0.3) is 0 Å². The molecule has 2 heterocycles. The first kappa shape index (κ1) is 44.9. The van der Waals surface area contributed by atoms with Gasteiger partial charge < -0.3 is 13.9 Å². The standard InChI is InChI=1S/C72H50N2O/c1-2-51(52-16-5-3-6-17-52)20-13-15-50-27-40-60(41-28-50)73(61-42-33-56(34-43-61)55-31-29-54(30-32-55)53-18-7-4-8-19-53)62-44-35-57(36-45-62)58-37-46-63(47-38-58)74-69-25-11-9-21-65(69)68-49-59(39-48-70(68)74)64-23-14-24-67-66-22-10-12-26-71(66)75-72(64)67/h2-49H,1H2/b15-13+,51-20+. The maximum absolute atomic E-state index is 6.47. The summed E-state index contributed by atoms with van der Waals surface area (Å²) in [6.07, 6.45) is 8.25. The second kappa shape index (κ2) is 19.6. The van der Waals surface area contributed by atoms with Crippen molar-refractivity contribution >= 4 is 72.5 Å². The number of para-hydroxylation sites is 3. The van der Waals surface area contributed by atoms with Crippen LogP contribution in [0.2, 0.25) is 0 Å². The average molecular weight is 959 g/mol. The van der Waals surface area contributed by atoms with Gasteiger partial charge in [-0.2, -0.15) is 0 Å². The maximum atomic E-state index is 6.47. The highest BCUT2D eigenvalue weighted by molar-refractivity contribution is 6.13. The van der Waals surface area contributed by atoms with Crippen LogP contribution in [0.15, 0.2) is 296 Å². The first-order chi connectivity index (χ1) is 37.1. The Hall–Kier alpha value is -9.96. The zero-order valence-electron chi connectivity index (χ0n) is 41.2. The van der Waals surface area contributed by atoms with Crippen LogP contribution in [-0.2, 0) is 0 Å². The quantitative estimate of drug-likeness (QED) is 0.114. The third kappa shape index (κ3) is 8.63. The number of aromatic nitrogens is 1. The molecule has 0 unspecified atom stereocenters. The third-order valence-corrected chi connectivity index (χ3v) is 14.5. The fourth-order valence-electron chi connectivity index (χ4n) is 10.6. The Morgan fingerprint density at radius 2 is 0.893 bits per heavy atom. The summed E-state index contributed by atoms with van der Waals surface area (Å²) in [5, 5.41) is 4.69. The topological polar surface area (TPSA) is 21.3 Å². The van der Waals surface area contributed by atoms with Gasteiger partial charge in [-0.3, -0.25) is 0 Å². The number of anilines is 3. The average Bonchev–Trinajstić information content (AvgIpc) is 4.03. The van der Waals surface area contributed by atoms with Gasteiger partial charge >= 0.3 is 0 Å². The number of nitrogens with zero attached hydrogens (tertiary/aromatic N) is 2. The van der Waals surface area contributed by atoms with E-state index >= 15 is 0 Å². The Morgan fingerprint density at radius 3 is 1.53 bits per heavy atom. The number of allylic oxidation sites excluding steroid dienone is 4. The van der Waals surface area contributed by atoms with Crippen molar-refractivity contribution in [3.8, 4) is 50.2 Å². The molecule has 2 aromatic heterocycles. The van der Waals surface area contributed by atoms with E-state index in [1.54, 1.807) is 0 Å². The number of hydrogen-bond donors (Lipinski definition) is 0. The van der Waals surface area contributed by atoms with Crippen LogP contribution in [0.25, 0.3) is 106 Å². The van der Waals surface area contributed by atoms with Crippen LogP contribution in [0.1, 0.15) is 11.1 Å². The largest absolute Gasteiger partial charge is 0.455 e. The molecule has 0 bridgehead atoms. The van der Waals surface area contributed by atoms with Crippen LogP contribution >= 0.6 is 0 Å². The molecule has 0 saturated carbocycles. The SMILES string of the molecule is C=C/C(=C\C=C\c1ccc(N(c2ccc(-c3ccc(-c4ccccc4)cc3)cc2)c2ccc(-c3ccc(-n4c5ccccc5c5cc(-c6cccc7c6oc6ccccc67)ccc54)cc3)cc2)cc1)c1ccccc1. The summed E-state index contributed by atoms with van der Waals surface area (Å²) in [6.45, 7) is 4.05. The highest BCUT2D eigenvalue weighted by Crippen LogP contribution is 2.41. The predicted octanol–water partition coefficient (Wildman–Crippen LogP) is 20.1. The van der Waals surface area contributed by atoms with Gasteiger partial charge in [0.05, 0.1) is 11.0 Å². The highest BCUT2D eigenvalue weighted by atomic mass is 16.3. The van der Waals surface area contributed by atoms with Crippen LogP contribution in [-0.4, -0.2) is 4.57 Å². The lowest BCUT2D eigenvalue weighted by Gasteiger charge is -2.26. The van der Waals surface area contributed by atoms with Crippen molar-refractivity contribution in [3.05, 3.63) is 303 Å². The Balaban J connectivity index is 0.804. The fourth-order valence-corrected chi connectivity index (χ4v) is 10.6. The molecule has 0 amide bonds. The van der Waals surface area contributed by atoms with E-state index in [1.807, 2.05) is 24.3 Å². The first-order valence-electron chi connectivity index (χ1n) is 25.5. The first-order valence-corrected chi connectivity index (χ1v) is 25.5. The summed E-state index contributed by atoms with van der Waals surface area (Å²) in [5.74, 6) is 0. The van der Waals surface area contributed by atoms with Crippen LogP contribution in [0.5, 0.6) is 0 Å². The third-order valence-electron chi connectivity index (χ3n) is 14.5. The van der Waals surface area contributed by atoms with Crippen LogP contribution in [0, 0.1) is 0 Å². The van der Waals surface area contributed by atoms with E-state index in [9.17, 15) is 0 Å². The second-order valence-electron chi connectivity index (χ2n) is 18.9. The van der Waals surface area contributed by atoms with Crippen LogP contribution < -0.4 is 4.90 Å². The van der Waals surface area contributed by atoms with E-state index in [1.165, 1.54) is 38.5 Å². The van der Waals surface area contributed by atoms with Gasteiger partial charge in [-0.05, 0) is 128 Å². The lowest BCUT2D eigenvalue weighted by molar-refractivity contribution is 0.670. The van der Waals surface area contributed by atoms with Crippen molar-refractivity contribution in [1.29, 1.82) is 0 Å². The van der Waals surface area contributed by atoms with Crippen molar-refractivity contribution in [3.63, 3.8) is 0 Å². The molecule has 0 saturated heterocycles. The van der Waals surface area contributed by atoms with E-state index in [-0.39, 0.29) is 0 Å². The molecule has 0 N–H and O–H groups in total. The molecule has 0 spiro atoms. The lowest BCUT2D eigenvalue weighted by Crippen LogP contribution is -2.09. The number of hydrogen-bond acceptors (Lipinski definition) is 2. The highest BCUT2D eigenvalue weighted by Gasteiger charge is 2.18. The number of furan rings is 1. The molecule has 0 aliphatic rings. The molecular formula is C72H50N2O. The Kier molecular flexibility index (Phi) is 11.7. The number of benzene rings is 11.